The molecule has 0 saturated heterocycles. The van der Waals surface area contributed by atoms with Crippen LogP contribution in [0.15, 0.2) is 40.9 Å². The second kappa shape index (κ2) is 7.70. The quantitative estimate of drug-likeness (QED) is 0.695. The molecule has 0 aliphatic carbocycles. The van der Waals surface area contributed by atoms with Gasteiger partial charge in [0.1, 0.15) is 0 Å². The maximum Gasteiger partial charge on any atom is 0.223 e. The van der Waals surface area contributed by atoms with Crippen LogP contribution in [0.3, 0.4) is 0 Å². The maximum absolute atomic E-state index is 12.2. The number of carbonyl (C=O) groups is 2. The van der Waals surface area contributed by atoms with Crippen LogP contribution in [0.1, 0.15) is 33.0 Å². The summed E-state index contributed by atoms with van der Waals surface area (Å²) in [5.74, 6) is 0.0260. The van der Waals surface area contributed by atoms with Crippen molar-refractivity contribution in [2.75, 3.05) is 7.05 Å². The molecule has 0 spiro atoms. The number of amides is 1. The summed E-state index contributed by atoms with van der Waals surface area (Å²) in [4.78, 5) is 27.7. The number of thiophene rings is 1. The lowest BCUT2D eigenvalue weighted by Gasteiger charge is -2.17. The summed E-state index contributed by atoms with van der Waals surface area (Å²) in [7, 11) is 1.77. The van der Waals surface area contributed by atoms with Crippen LogP contribution in [-0.4, -0.2) is 23.6 Å². The lowest BCUT2D eigenvalue weighted by atomic mass is 10.1. The highest BCUT2D eigenvalue weighted by atomic mass is 79.9. The lowest BCUT2D eigenvalue weighted by Crippen LogP contribution is -2.26. The van der Waals surface area contributed by atoms with Crippen LogP contribution in [0.5, 0.6) is 0 Å². The average molecular weight is 380 g/mol. The SMILES string of the molecule is Cc1ccc(C(=O)CCC(=O)N(C)Cc2ccccc2Br)s1. The molecule has 1 amide bonds. The molecule has 5 heteroatoms. The van der Waals surface area contributed by atoms with Crippen LogP contribution in [0.25, 0.3) is 0 Å². The lowest BCUT2D eigenvalue weighted by molar-refractivity contribution is -0.130. The third-order valence-corrected chi connectivity index (χ3v) is 5.19. The first-order valence-electron chi connectivity index (χ1n) is 7.04. The van der Waals surface area contributed by atoms with Crippen molar-refractivity contribution < 1.29 is 9.59 Å². The Balaban J connectivity index is 1.86. The van der Waals surface area contributed by atoms with Crippen LogP contribution in [0.2, 0.25) is 0 Å². The fourth-order valence-corrected chi connectivity index (χ4v) is 3.33. The van der Waals surface area contributed by atoms with Gasteiger partial charge in [0.05, 0.1) is 4.88 Å². The minimum absolute atomic E-state index is 0.0163. The Kier molecular flexibility index (Phi) is 5.91. The highest BCUT2D eigenvalue weighted by Gasteiger charge is 2.14. The van der Waals surface area contributed by atoms with E-state index in [9.17, 15) is 9.59 Å². The molecule has 0 radical (unpaired) electrons. The zero-order valence-electron chi connectivity index (χ0n) is 12.6. The van der Waals surface area contributed by atoms with E-state index in [1.54, 1.807) is 11.9 Å². The van der Waals surface area contributed by atoms with Crippen molar-refractivity contribution in [3.63, 3.8) is 0 Å². The van der Waals surface area contributed by atoms with E-state index in [2.05, 4.69) is 15.9 Å². The molecule has 0 N–H and O–H groups in total. The van der Waals surface area contributed by atoms with Crippen molar-refractivity contribution in [2.24, 2.45) is 0 Å². The number of Topliss-reactive ketones (excluding diaryl/α,β-unsaturated/α-hetero) is 1. The van der Waals surface area contributed by atoms with E-state index in [1.165, 1.54) is 11.3 Å². The molecule has 1 aromatic heterocycles. The van der Waals surface area contributed by atoms with Gasteiger partial charge in [-0.2, -0.15) is 0 Å². The molecule has 2 aromatic rings. The number of ketones is 1. The molecule has 0 fully saturated rings. The summed E-state index contributed by atoms with van der Waals surface area (Å²) in [5.41, 5.74) is 1.05. The fourth-order valence-electron chi connectivity index (χ4n) is 2.09. The molecule has 0 aliphatic rings. The molecule has 0 saturated carbocycles. The van der Waals surface area contributed by atoms with Crippen LogP contribution in [0.4, 0.5) is 0 Å². The van der Waals surface area contributed by atoms with E-state index >= 15 is 0 Å². The van der Waals surface area contributed by atoms with Crippen molar-refractivity contribution in [1.29, 1.82) is 0 Å². The molecular weight excluding hydrogens is 362 g/mol. The number of halogens is 1. The molecule has 0 aliphatic heterocycles. The standard InChI is InChI=1S/C17H18BrNO2S/c1-12-7-9-16(22-12)15(20)8-10-17(21)19(2)11-13-5-3-4-6-14(13)18/h3-7,9H,8,10-11H2,1-2H3. The normalized spacial score (nSPS) is 10.5. The Labute approximate surface area is 143 Å². The predicted molar refractivity (Wildman–Crippen MR) is 93.2 cm³/mol. The smallest absolute Gasteiger partial charge is 0.223 e. The molecule has 22 heavy (non-hydrogen) atoms. The summed E-state index contributed by atoms with van der Waals surface area (Å²) in [6, 6.07) is 11.6. The summed E-state index contributed by atoms with van der Waals surface area (Å²) in [6.45, 7) is 2.50. The van der Waals surface area contributed by atoms with Gasteiger partial charge in [-0.05, 0) is 30.7 Å². The van der Waals surface area contributed by atoms with Gasteiger partial charge in [0, 0.05) is 35.8 Å². The first-order valence-corrected chi connectivity index (χ1v) is 8.65. The van der Waals surface area contributed by atoms with Gasteiger partial charge in [0.15, 0.2) is 5.78 Å². The second-order valence-corrected chi connectivity index (χ2v) is 7.32. The van der Waals surface area contributed by atoms with E-state index < -0.39 is 0 Å². The van der Waals surface area contributed by atoms with Gasteiger partial charge in [-0.25, -0.2) is 0 Å². The predicted octanol–water partition coefficient (Wildman–Crippen LogP) is 4.44. The van der Waals surface area contributed by atoms with Gasteiger partial charge in [-0.1, -0.05) is 34.1 Å². The van der Waals surface area contributed by atoms with E-state index in [4.69, 9.17) is 0 Å². The van der Waals surface area contributed by atoms with Gasteiger partial charge < -0.3 is 4.90 Å². The zero-order chi connectivity index (χ0) is 16.1. The van der Waals surface area contributed by atoms with Crippen LogP contribution in [0, 0.1) is 6.92 Å². The number of benzene rings is 1. The van der Waals surface area contributed by atoms with Crippen molar-refractivity contribution >= 4 is 39.0 Å². The molecular formula is C17H18BrNO2S. The maximum atomic E-state index is 12.2. The van der Waals surface area contributed by atoms with Crippen LogP contribution in [-0.2, 0) is 11.3 Å². The first kappa shape index (κ1) is 16.9. The Morgan fingerprint density at radius 2 is 1.86 bits per heavy atom. The van der Waals surface area contributed by atoms with Crippen molar-refractivity contribution in [3.05, 3.63) is 56.2 Å². The van der Waals surface area contributed by atoms with Gasteiger partial charge in [-0.15, -0.1) is 11.3 Å². The Morgan fingerprint density at radius 1 is 1.14 bits per heavy atom. The van der Waals surface area contributed by atoms with E-state index in [1.807, 2.05) is 43.3 Å². The third kappa shape index (κ3) is 4.52. The number of hydrogen-bond acceptors (Lipinski definition) is 3. The number of aryl methyl sites for hydroxylation is 1. The average Bonchev–Trinajstić information content (AvgIpc) is 2.93. The first-order chi connectivity index (χ1) is 10.5. The van der Waals surface area contributed by atoms with Gasteiger partial charge >= 0.3 is 0 Å². The highest BCUT2D eigenvalue weighted by Crippen LogP contribution is 2.19. The van der Waals surface area contributed by atoms with Gasteiger partial charge in [0.25, 0.3) is 0 Å². The van der Waals surface area contributed by atoms with Crippen LogP contribution < -0.4 is 0 Å². The topological polar surface area (TPSA) is 37.4 Å². The summed E-state index contributed by atoms with van der Waals surface area (Å²) < 4.78 is 0.986. The van der Waals surface area contributed by atoms with Crippen molar-refractivity contribution in [3.8, 4) is 0 Å². The number of hydrogen-bond donors (Lipinski definition) is 0. The molecule has 2 rings (SSSR count). The zero-order valence-corrected chi connectivity index (χ0v) is 15.0. The molecule has 116 valence electrons. The minimum atomic E-state index is -0.0163. The second-order valence-electron chi connectivity index (χ2n) is 5.17. The number of nitrogens with zero attached hydrogens (tertiary/aromatic N) is 1. The fraction of sp³-hybridized carbons (Fsp3) is 0.294. The van der Waals surface area contributed by atoms with Gasteiger partial charge in [0.2, 0.25) is 5.91 Å². The third-order valence-electron chi connectivity index (χ3n) is 3.37. The van der Waals surface area contributed by atoms with E-state index in [0.29, 0.717) is 6.54 Å². The molecule has 0 atom stereocenters. The van der Waals surface area contributed by atoms with Gasteiger partial charge in [-0.3, -0.25) is 9.59 Å². The monoisotopic (exact) mass is 379 g/mol. The van der Waals surface area contributed by atoms with E-state index in [0.717, 1.165) is 19.8 Å². The highest BCUT2D eigenvalue weighted by molar-refractivity contribution is 9.10. The van der Waals surface area contributed by atoms with Crippen molar-refractivity contribution in [1.82, 2.24) is 4.90 Å². The minimum Gasteiger partial charge on any atom is -0.341 e. The molecule has 3 nitrogen and oxygen atoms in total. The number of carbonyl (C=O) groups excluding carboxylic acids is 2. The summed E-state index contributed by atoms with van der Waals surface area (Å²) in [5, 5.41) is 0. The van der Waals surface area contributed by atoms with Crippen molar-refractivity contribution in [2.45, 2.75) is 26.3 Å². The Bertz CT molecular complexity index is 681. The Morgan fingerprint density at radius 3 is 2.50 bits per heavy atom. The summed E-state index contributed by atoms with van der Waals surface area (Å²) >= 11 is 4.96. The van der Waals surface area contributed by atoms with Crippen LogP contribution >= 0.6 is 27.3 Å². The molecule has 1 heterocycles. The molecule has 0 unspecified atom stereocenters. The largest absolute Gasteiger partial charge is 0.341 e. The Hall–Kier alpha value is -1.46. The molecule has 1 aromatic carbocycles. The number of rotatable bonds is 6. The summed E-state index contributed by atoms with van der Waals surface area (Å²) in [6.07, 6.45) is 0.510. The molecule has 0 bridgehead atoms. The van der Waals surface area contributed by atoms with E-state index in [-0.39, 0.29) is 24.5 Å².